The molecule has 2 N–H and O–H groups in total. The number of anilines is 1. The average Bonchev–Trinajstić information content (AvgIpc) is 3.56. The molecule has 1 saturated heterocycles. The number of aryl methyl sites for hydroxylation is 2. The maximum Gasteiger partial charge on any atom is 0.435 e. The van der Waals surface area contributed by atoms with Crippen LogP contribution in [0.25, 0.3) is 11.1 Å². The van der Waals surface area contributed by atoms with Crippen LogP contribution in [-0.4, -0.2) is 55.8 Å². The van der Waals surface area contributed by atoms with E-state index in [2.05, 4.69) is 15.1 Å². The van der Waals surface area contributed by atoms with Gasteiger partial charge in [-0.2, -0.15) is 18.3 Å². The van der Waals surface area contributed by atoms with Crippen molar-refractivity contribution in [3.05, 3.63) is 77.0 Å². The van der Waals surface area contributed by atoms with Gasteiger partial charge < -0.3 is 19.9 Å². The van der Waals surface area contributed by atoms with Crippen LogP contribution in [0, 0.1) is 18.7 Å². The minimum absolute atomic E-state index is 0.0449. The lowest BCUT2D eigenvalue weighted by Gasteiger charge is -2.38. The number of aromatic nitrogens is 5. The lowest BCUT2D eigenvalue weighted by molar-refractivity contribution is -0.141. The predicted molar refractivity (Wildman–Crippen MR) is 146 cm³/mol. The van der Waals surface area contributed by atoms with Crippen LogP contribution in [0.5, 0.6) is 5.75 Å². The van der Waals surface area contributed by atoms with Crippen LogP contribution in [0.3, 0.4) is 0 Å². The largest absolute Gasteiger partial charge is 0.491 e. The lowest BCUT2D eigenvalue weighted by atomic mass is 9.87. The summed E-state index contributed by atoms with van der Waals surface area (Å²) in [6.07, 6.45) is 0.176. The number of Topliss-reactive ketones (excluding diaryl/α,β-unsaturated/α-hetero) is 1. The molecule has 1 unspecified atom stereocenters. The van der Waals surface area contributed by atoms with E-state index in [1.54, 1.807) is 36.4 Å². The van der Waals surface area contributed by atoms with Gasteiger partial charge in [-0.15, -0.1) is 0 Å². The van der Waals surface area contributed by atoms with Crippen LogP contribution in [0.2, 0.25) is 0 Å². The number of benzene rings is 1. The molecule has 3 aromatic heterocycles. The van der Waals surface area contributed by atoms with Crippen LogP contribution in [0.4, 0.5) is 23.4 Å². The van der Waals surface area contributed by atoms with Gasteiger partial charge in [0, 0.05) is 74.1 Å². The molecule has 1 fully saturated rings. The number of imidazole rings is 1. The zero-order chi connectivity index (χ0) is 29.8. The van der Waals surface area contributed by atoms with E-state index in [9.17, 15) is 22.4 Å². The number of hydrogen-bond donors (Lipinski definition) is 1. The van der Waals surface area contributed by atoms with E-state index in [0.29, 0.717) is 30.2 Å². The van der Waals surface area contributed by atoms with Crippen molar-refractivity contribution >= 4 is 11.6 Å². The number of ether oxygens (including phenoxy) is 1. The number of nitrogens with two attached hydrogens (primary N) is 1. The molecule has 1 atom stereocenters. The summed E-state index contributed by atoms with van der Waals surface area (Å²) in [5.74, 6) is -0.431. The standard InChI is InChI=1S/C29H29F4N7O2/c1-3-40-14-23(27(37-40)29(31,32)33)21-8-17(11-38-7-6-35-16(38)2)9-22-25(41)18(15-42-26(21)22)10-20-4-5-24(30)28(36-20)39-12-19(34)13-39/h4-9,14,18-19H,3,10-13,15,34H2,1-2H3. The third-order valence-corrected chi connectivity index (χ3v) is 7.68. The molecule has 0 radical (unpaired) electrons. The molecule has 42 heavy (non-hydrogen) atoms. The second kappa shape index (κ2) is 10.5. The number of pyridine rings is 1. The van der Waals surface area contributed by atoms with E-state index in [0.717, 1.165) is 0 Å². The third-order valence-electron chi connectivity index (χ3n) is 7.68. The van der Waals surface area contributed by atoms with Crippen molar-refractivity contribution in [1.29, 1.82) is 0 Å². The molecule has 220 valence electrons. The molecular weight excluding hydrogens is 554 g/mol. The number of fused-ring (bicyclic) bond motifs is 1. The maximum atomic E-state index is 14.5. The van der Waals surface area contributed by atoms with Crippen LogP contribution < -0.4 is 15.4 Å². The number of ketones is 1. The molecule has 9 nitrogen and oxygen atoms in total. The molecule has 4 aromatic rings. The summed E-state index contributed by atoms with van der Waals surface area (Å²) in [6.45, 7) is 4.94. The summed E-state index contributed by atoms with van der Waals surface area (Å²) >= 11 is 0. The minimum atomic E-state index is -4.72. The fraction of sp³-hybridized carbons (Fsp3) is 0.379. The highest BCUT2D eigenvalue weighted by atomic mass is 19.4. The van der Waals surface area contributed by atoms with Gasteiger partial charge in [-0.05, 0) is 43.7 Å². The fourth-order valence-electron chi connectivity index (χ4n) is 5.45. The normalized spacial score (nSPS) is 17.3. The number of hydrogen-bond acceptors (Lipinski definition) is 7. The monoisotopic (exact) mass is 583 g/mol. The van der Waals surface area contributed by atoms with E-state index >= 15 is 0 Å². The van der Waals surface area contributed by atoms with Crippen molar-refractivity contribution in [2.75, 3.05) is 24.6 Å². The number of nitrogens with zero attached hydrogens (tertiary/aromatic N) is 6. The molecule has 2 aliphatic heterocycles. The highest BCUT2D eigenvalue weighted by molar-refractivity contribution is 6.04. The van der Waals surface area contributed by atoms with Crippen molar-refractivity contribution in [2.24, 2.45) is 11.7 Å². The van der Waals surface area contributed by atoms with Gasteiger partial charge in [-0.1, -0.05) is 0 Å². The zero-order valence-corrected chi connectivity index (χ0v) is 23.0. The van der Waals surface area contributed by atoms with Crippen molar-refractivity contribution in [1.82, 2.24) is 24.3 Å². The second-order valence-electron chi connectivity index (χ2n) is 10.7. The maximum absolute atomic E-state index is 14.5. The molecule has 2 aliphatic rings. The van der Waals surface area contributed by atoms with E-state index in [1.165, 1.54) is 23.0 Å². The van der Waals surface area contributed by atoms with Gasteiger partial charge >= 0.3 is 6.18 Å². The van der Waals surface area contributed by atoms with Crippen molar-refractivity contribution in [2.45, 2.75) is 45.6 Å². The molecule has 0 bridgehead atoms. The van der Waals surface area contributed by atoms with Crippen molar-refractivity contribution in [3.63, 3.8) is 0 Å². The van der Waals surface area contributed by atoms with E-state index in [1.807, 2.05) is 11.5 Å². The summed E-state index contributed by atoms with van der Waals surface area (Å²) in [5, 5.41) is 3.77. The summed E-state index contributed by atoms with van der Waals surface area (Å²) in [5.41, 5.74) is 6.08. The van der Waals surface area contributed by atoms with Gasteiger partial charge in [0.15, 0.2) is 23.1 Å². The number of halogens is 4. The number of carbonyl (C=O) groups excluding carboxylic acids is 1. The summed E-state index contributed by atoms with van der Waals surface area (Å²) in [4.78, 5) is 24.3. The lowest BCUT2D eigenvalue weighted by Crippen LogP contribution is -2.56. The Bertz CT molecular complexity index is 1660. The Morgan fingerprint density at radius 2 is 1.90 bits per heavy atom. The first-order valence-corrected chi connectivity index (χ1v) is 13.6. The Morgan fingerprint density at radius 3 is 2.57 bits per heavy atom. The van der Waals surface area contributed by atoms with Crippen LogP contribution >= 0.6 is 0 Å². The van der Waals surface area contributed by atoms with E-state index in [4.69, 9.17) is 10.5 Å². The van der Waals surface area contributed by atoms with Crippen molar-refractivity contribution < 1.29 is 27.1 Å². The Balaban J connectivity index is 1.39. The number of rotatable bonds is 7. The van der Waals surface area contributed by atoms with Crippen molar-refractivity contribution in [3.8, 4) is 16.9 Å². The Kier molecular flexibility index (Phi) is 7.00. The second-order valence-corrected chi connectivity index (χ2v) is 10.7. The molecule has 5 heterocycles. The molecule has 6 rings (SSSR count). The van der Waals surface area contributed by atoms with Gasteiger partial charge in [0.25, 0.3) is 0 Å². The molecule has 1 aromatic carbocycles. The smallest absolute Gasteiger partial charge is 0.435 e. The molecule has 0 aliphatic carbocycles. The fourth-order valence-corrected chi connectivity index (χ4v) is 5.45. The van der Waals surface area contributed by atoms with Gasteiger partial charge in [0.05, 0.1) is 18.1 Å². The topological polar surface area (TPSA) is 104 Å². The Morgan fingerprint density at radius 1 is 1.14 bits per heavy atom. The van der Waals surface area contributed by atoms with Gasteiger partial charge in [0.1, 0.15) is 11.6 Å². The first-order chi connectivity index (χ1) is 20.0. The van der Waals surface area contributed by atoms with Crippen LogP contribution in [0.15, 0.2) is 42.9 Å². The molecule has 0 amide bonds. The Hall–Kier alpha value is -4.26. The first-order valence-electron chi connectivity index (χ1n) is 13.6. The highest BCUT2D eigenvalue weighted by Crippen LogP contribution is 2.44. The molecule has 13 heteroatoms. The SMILES string of the molecule is CCn1cc(-c2cc(Cn3ccnc3C)cc3c2OCC(Cc2ccc(F)c(N4CC(N)C4)n2)C3=O)c(C(F)(F)F)n1. The first kappa shape index (κ1) is 27.9. The number of carbonyl (C=O) groups is 1. The van der Waals surface area contributed by atoms with Gasteiger partial charge in [-0.3, -0.25) is 9.48 Å². The summed E-state index contributed by atoms with van der Waals surface area (Å²) in [7, 11) is 0. The zero-order valence-electron chi connectivity index (χ0n) is 23.0. The van der Waals surface area contributed by atoms with Crippen LogP contribution in [0.1, 0.15) is 40.1 Å². The number of alkyl halides is 3. The average molecular weight is 584 g/mol. The molecular formula is C29H29F4N7O2. The van der Waals surface area contributed by atoms with Gasteiger partial charge in [0.2, 0.25) is 0 Å². The quantitative estimate of drug-likeness (QED) is 0.325. The Labute approximate surface area is 238 Å². The third kappa shape index (κ3) is 5.13. The summed E-state index contributed by atoms with van der Waals surface area (Å²) < 4.78 is 65.8. The minimum Gasteiger partial charge on any atom is -0.491 e. The highest BCUT2D eigenvalue weighted by Gasteiger charge is 2.40. The predicted octanol–water partition coefficient (Wildman–Crippen LogP) is 4.26. The van der Waals surface area contributed by atoms with E-state index in [-0.39, 0.29) is 66.2 Å². The van der Waals surface area contributed by atoms with Crippen LogP contribution in [-0.2, 0) is 25.7 Å². The van der Waals surface area contributed by atoms with E-state index < -0.39 is 23.6 Å². The molecule has 0 saturated carbocycles. The molecule has 0 spiro atoms. The van der Waals surface area contributed by atoms with Gasteiger partial charge in [-0.25, -0.2) is 14.4 Å². The summed E-state index contributed by atoms with van der Waals surface area (Å²) in [6, 6.07) is 6.08.